The minimum atomic E-state index is -0.0699. The van der Waals surface area contributed by atoms with Crippen molar-refractivity contribution in [2.75, 3.05) is 20.1 Å². The Morgan fingerprint density at radius 1 is 1.40 bits per heavy atom. The van der Waals surface area contributed by atoms with Crippen LogP contribution in [-0.4, -0.2) is 37.0 Å². The van der Waals surface area contributed by atoms with Crippen molar-refractivity contribution >= 4 is 17.5 Å². The van der Waals surface area contributed by atoms with Gasteiger partial charge < -0.3 is 11.1 Å². The molecule has 0 heterocycles. The highest BCUT2D eigenvalue weighted by molar-refractivity contribution is 6.31. The van der Waals surface area contributed by atoms with E-state index in [1.165, 1.54) is 0 Å². The highest BCUT2D eigenvalue weighted by Crippen LogP contribution is 2.30. The fourth-order valence-electron chi connectivity index (χ4n) is 2.31. The van der Waals surface area contributed by atoms with Crippen LogP contribution in [0.4, 0.5) is 0 Å². The average molecular weight is 298 g/mol. The van der Waals surface area contributed by atoms with Crippen molar-refractivity contribution in [3.63, 3.8) is 0 Å². The summed E-state index contributed by atoms with van der Waals surface area (Å²) in [5.74, 6) is -0.0211. The van der Waals surface area contributed by atoms with E-state index in [9.17, 15) is 4.79 Å². The second kappa shape index (κ2) is 8.25. The van der Waals surface area contributed by atoms with Crippen LogP contribution in [0.3, 0.4) is 0 Å². The third-order valence-corrected chi connectivity index (χ3v) is 3.87. The van der Waals surface area contributed by atoms with Gasteiger partial charge in [0.1, 0.15) is 0 Å². The third kappa shape index (κ3) is 4.20. The van der Waals surface area contributed by atoms with Crippen LogP contribution in [-0.2, 0) is 4.79 Å². The molecule has 3 N–H and O–H groups in total. The zero-order valence-electron chi connectivity index (χ0n) is 12.4. The van der Waals surface area contributed by atoms with Gasteiger partial charge in [0.2, 0.25) is 5.91 Å². The van der Waals surface area contributed by atoms with Crippen LogP contribution in [0.5, 0.6) is 0 Å². The summed E-state index contributed by atoms with van der Waals surface area (Å²) in [5, 5.41) is 3.34. The molecule has 1 aromatic carbocycles. The van der Waals surface area contributed by atoms with Crippen LogP contribution in [0.1, 0.15) is 31.9 Å². The lowest BCUT2D eigenvalue weighted by Gasteiger charge is -2.34. The number of carbonyl (C=O) groups is 1. The highest BCUT2D eigenvalue weighted by atomic mass is 35.5. The molecule has 112 valence electrons. The van der Waals surface area contributed by atoms with E-state index in [1.807, 2.05) is 38.1 Å². The number of rotatable bonds is 7. The first-order chi connectivity index (χ1) is 9.54. The summed E-state index contributed by atoms with van der Waals surface area (Å²) in [6.07, 6.45) is 0.820. The molecule has 0 saturated carbocycles. The van der Waals surface area contributed by atoms with E-state index in [4.69, 9.17) is 17.3 Å². The number of likely N-dealkylation sites (N-methyl/N-ethyl adjacent to an activating group) is 2. The Kier molecular flexibility index (Phi) is 6.99. The molecule has 0 aliphatic carbocycles. The molecule has 0 aliphatic rings. The topological polar surface area (TPSA) is 58.4 Å². The van der Waals surface area contributed by atoms with Crippen molar-refractivity contribution in [3.05, 3.63) is 34.9 Å². The maximum Gasteiger partial charge on any atom is 0.233 e. The van der Waals surface area contributed by atoms with Crippen molar-refractivity contribution < 1.29 is 4.79 Å². The molecule has 0 fully saturated rings. The molecule has 1 aromatic rings. The Bertz CT molecular complexity index is 439. The molecule has 1 rings (SSSR count). The standard InChI is InChI=1S/C15H24ClN3O/c1-4-13(17)15(11-8-6-7-9-12(11)16)19(5-2)10-14(20)18-3/h6-9,13,15H,4-5,10,17H2,1-3H3,(H,18,20). The molecule has 0 bridgehead atoms. The van der Waals surface area contributed by atoms with Crippen molar-refractivity contribution in [1.29, 1.82) is 0 Å². The zero-order valence-corrected chi connectivity index (χ0v) is 13.2. The van der Waals surface area contributed by atoms with Gasteiger partial charge in [0, 0.05) is 18.1 Å². The summed E-state index contributed by atoms with van der Waals surface area (Å²) in [6, 6.07) is 7.56. The number of halogens is 1. The number of hydrogen-bond donors (Lipinski definition) is 2. The molecule has 0 radical (unpaired) electrons. The Hall–Kier alpha value is -1.10. The van der Waals surface area contributed by atoms with Gasteiger partial charge in [0.05, 0.1) is 12.6 Å². The fourth-order valence-corrected chi connectivity index (χ4v) is 2.55. The highest BCUT2D eigenvalue weighted by Gasteiger charge is 2.27. The van der Waals surface area contributed by atoms with Gasteiger partial charge in [-0.05, 0) is 24.6 Å². The number of hydrogen-bond acceptors (Lipinski definition) is 3. The van der Waals surface area contributed by atoms with Crippen molar-refractivity contribution in [2.45, 2.75) is 32.4 Å². The van der Waals surface area contributed by atoms with Crippen molar-refractivity contribution in [1.82, 2.24) is 10.2 Å². The molecule has 0 aliphatic heterocycles. The maximum absolute atomic E-state index is 11.7. The first kappa shape index (κ1) is 17.0. The maximum atomic E-state index is 11.7. The molecule has 1 amide bonds. The number of nitrogens with zero attached hydrogens (tertiary/aromatic N) is 1. The molecule has 5 heteroatoms. The quantitative estimate of drug-likeness (QED) is 0.811. The average Bonchev–Trinajstić information content (AvgIpc) is 2.47. The van der Waals surface area contributed by atoms with Gasteiger partial charge in [-0.25, -0.2) is 0 Å². The van der Waals surface area contributed by atoms with E-state index in [1.54, 1.807) is 7.05 Å². The second-order valence-corrected chi connectivity index (χ2v) is 5.18. The Morgan fingerprint density at radius 3 is 2.55 bits per heavy atom. The van der Waals surface area contributed by atoms with Crippen LogP contribution in [0.2, 0.25) is 5.02 Å². The molecule has 0 aromatic heterocycles. The van der Waals surface area contributed by atoms with Crippen molar-refractivity contribution in [2.24, 2.45) is 5.73 Å². The fraction of sp³-hybridized carbons (Fsp3) is 0.533. The number of nitrogens with one attached hydrogen (secondary N) is 1. The molecule has 2 unspecified atom stereocenters. The molecule has 2 atom stereocenters. The molecule has 0 spiro atoms. The summed E-state index contributed by atoms with van der Waals surface area (Å²) in [4.78, 5) is 13.7. The van der Waals surface area contributed by atoms with Gasteiger partial charge in [-0.1, -0.05) is 43.6 Å². The Morgan fingerprint density at radius 2 is 2.05 bits per heavy atom. The molecule has 20 heavy (non-hydrogen) atoms. The first-order valence-electron chi connectivity index (χ1n) is 6.99. The monoisotopic (exact) mass is 297 g/mol. The predicted molar refractivity (Wildman–Crippen MR) is 83.8 cm³/mol. The second-order valence-electron chi connectivity index (χ2n) is 4.77. The minimum absolute atomic E-state index is 0.0211. The molecular weight excluding hydrogens is 274 g/mol. The largest absolute Gasteiger partial charge is 0.358 e. The van der Waals surface area contributed by atoms with Crippen molar-refractivity contribution in [3.8, 4) is 0 Å². The predicted octanol–water partition coefficient (Wildman–Crippen LogP) is 2.19. The van der Waals surface area contributed by atoms with Crippen LogP contribution in [0.25, 0.3) is 0 Å². The van der Waals surface area contributed by atoms with Crippen LogP contribution in [0, 0.1) is 0 Å². The molecular formula is C15H24ClN3O. The van der Waals surface area contributed by atoms with Gasteiger partial charge in [0.15, 0.2) is 0 Å². The third-order valence-electron chi connectivity index (χ3n) is 3.53. The molecule has 0 saturated heterocycles. The lowest BCUT2D eigenvalue weighted by molar-refractivity contribution is -0.122. The lowest BCUT2D eigenvalue weighted by atomic mass is 9.96. The van der Waals surface area contributed by atoms with E-state index < -0.39 is 0 Å². The van der Waals surface area contributed by atoms with Crippen LogP contribution >= 0.6 is 11.6 Å². The van der Waals surface area contributed by atoms with Gasteiger partial charge in [-0.15, -0.1) is 0 Å². The molecule has 4 nitrogen and oxygen atoms in total. The Labute approximate surface area is 126 Å². The number of carbonyl (C=O) groups excluding carboxylic acids is 1. The minimum Gasteiger partial charge on any atom is -0.358 e. The summed E-state index contributed by atoms with van der Waals surface area (Å²) >= 11 is 6.31. The summed E-state index contributed by atoms with van der Waals surface area (Å²) in [6.45, 7) is 5.12. The zero-order chi connectivity index (χ0) is 15.1. The van der Waals surface area contributed by atoms with E-state index in [2.05, 4.69) is 10.2 Å². The van der Waals surface area contributed by atoms with E-state index in [-0.39, 0.29) is 18.0 Å². The number of benzene rings is 1. The van der Waals surface area contributed by atoms with Gasteiger partial charge >= 0.3 is 0 Å². The van der Waals surface area contributed by atoms with Gasteiger partial charge in [0.25, 0.3) is 0 Å². The SMILES string of the molecule is CCC(N)C(c1ccccc1Cl)N(CC)CC(=O)NC. The van der Waals surface area contributed by atoms with E-state index in [0.717, 1.165) is 18.5 Å². The van der Waals surface area contributed by atoms with Gasteiger partial charge in [-0.2, -0.15) is 0 Å². The smallest absolute Gasteiger partial charge is 0.233 e. The van der Waals surface area contributed by atoms with E-state index in [0.29, 0.717) is 11.6 Å². The van der Waals surface area contributed by atoms with Gasteiger partial charge in [-0.3, -0.25) is 9.69 Å². The van der Waals surface area contributed by atoms with Crippen LogP contribution in [0.15, 0.2) is 24.3 Å². The normalized spacial score (nSPS) is 14.1. The lowest BCUT2D eigenvalue weighted by Crippen LogP contribution is -2.45. The van der Waals surface area contributed by atoms with Crippen LogP contribution < -0.4 is 11.1 Å². The number of nitrogens with two attached hydrogens (primary N) is 1. The summed E-state index contributed by atoms with van der Waals surface area (Å²) in [5.41, 5.74) is 7.26. The number of amides is 1. The summed E-state index contributed by atoms with van der Waals surface area (Å²) in [7, 11) is 1.64. The van der Waals surface area contributed by atoms with E-state index >= 15 is 0 Å². The first-order valence-corrected chi connectivity index (χ1v) is 7.37. The summed E-state index contributed by atoms with van der Waals surface area (Å²) < 4.78 is 0. The Balaban J connectivity index is 3.10.